The maximum absolute atomic E-state index is 11.6. The molecule has 1 aromatic carbocycles. The van der Waals surface area contributed by atoms with Crippen molar-refractivity contribution in [2.75, 3.05) is 13.1 Å². The molecular formula is C13H20ClN3O2. The Morgan fingerprint density at radius 1 is 1.16 bits per heavy atom. The van der Waals surface area contributed by atoms with E-state index in [1.807, 2.05) is 30.3 Å². The Balaban J connectivity index is 0.00000324. The highest BCUT2D eigenvalue weighted by molar-refractivity contribution is 5.85. The van der Waals surface area contributed by atoms with Crippen molar-refractivity contribution in [1.82, 2.24) is 10.6 Å². The van der Waals surface area contributed by atoms with E-state index in [-0.39, 0.29) is 24.2 Å². The van der Waals surface area contributed by atoms with Gasteiger partial charge >= 0.3 is 0 Å². The summed E-state index contributed by atoms with van der Waals surface area (Å²) in [6.45, 7) is 2.24. The minimum Gasteiger partial charge on any atom is -0.355 e. The molecule has 0 aliphatic carbocycles. The number of nitrogens with one attached hydrogen (secondary N) is 2. The fourth-order valence-corrected chi connectivity index (χ4v) is 1.52. The molecular weight excluding hydrogens is 266 g/mol. The van der Waals surface area contributed by atoms with Gasteiger partial charge in [-0.1, -0.05) is 30.3 Å². The highest BCUT2D eigenvalue weighted by Crippen LogP contribution is 2.01. The van der Waals surface area contributed by atoms with Gasteiger partial charge in [-0.15, -0.1) is 12.4 Å². The first-order chi connectivity index (χ1) is 8.59. The molecule has 6 heteroatoms. The van der Waals surface area contributed by atoms with Crippen molar-refractivity contribution in [2.24, 2.45) is 5.73 Å². The van der Waals surface area contributed by atoms with Crippen molar-refractivity contribution in [1.29, 1.82) is 0 Å². The van der Waals surface area contributed by atoms with Crippen molar-refractivity contribution in [3.05, 3.63) is 35.9 Å². The lowest BCUT2D eigenvalue weighted by Crippen LogP contribution is -2.44. The van der Waals surface area contributed by atoms with Crippen LogP contribution in [-0.2, 0) is 16.0 Å². The van der Waals surface area contributed by atoms with Crippen LogP contribution in [0, 0.1) is 0 Å². The first-order valence-electron chi connectivity index (χ1n) is 5.91. The minimum atomic E-state index is -0.565. The monoisotopic (exact) mass is 285 g/mol. The number of carbonyl (C=O) groups excluding carboxylic acids is 2. The van der Waals surface area contributed by atoms with Crippen molar-refractivity contribution in [2.45, 2.75) is 19.4 Å². The van der Waals surface area contributed by atoms with Crippen molar-refractivity contribution >= 4 is 24.2 Å². The van der Waals surface area contributed by atoms with Gasteiger partial charge in [0, 0.05) is 20.0 Å². The summed E-state index contributed by atoms with van der Waals surface area (Å²) in [6, 6.07) is 9.05. The Bertz CT molecular complexity index is 398. The molecule has 0 saturated carbocycles. The molecule has 0 spiro atoms. The predicted molar refractivity (Wildman–Crippen MR) is 77.1 cm³/mol. The summed E-state index contributed by atoms with van der Waals surface area (Å²) in [5, 5.41) is 5.27. The fraction of sp³-hybridized carbons (Fsp3) is 0.385. The van der Waals surface area contributed by atoms with Crippen molar-refractivity contribution < 1.29 is 9.59 Å². The number of halogens is 1. The van der Waals surface area contributed by atoms with Gasteiger partial charge in [-0.25, -0.2) is 0 Å². The van der Waals surface area contributed by atoms with Gasteiger partial charge in [-0.05, 0) is 12.0 Å². The number of benzene rings is 1. The maximum Gasteiger partial charge on any atom is 0.237 e. The molecule has 1 unspecified atom stereocenters. The lowest BCUT2D eigenvalue weighted by Gasteiger charge is -2.12. The molecule has 2 amide bonds. The normalized spacial score (nSPS) is 11.1. The average Bonchev–Trinajstić information content (AvgIpc) is 2.35. The second kappa shape index (κ2) is 9.35. The van der Waals surface area contributed by atoms with E-state index in [1.54, 1.807) is 0 Å². The topological polar surface area (TPSA) is 84.2 Å². The maximum atomic E-state index is 11.6. The molecule has 0 radical (unpaired) electrons. The molecule has 1 aromatic rings. The van der Waals surface area contributed by atoms with Gasteiger partial charge in [-0.3, -0.25) is 9.59 Å². The Kier molecular flexibility index (Phi) is 8.57. The van der Waals surface area contributed by atoms with Gasteiger partial charge in [0.05, 0.1) is 6.04 Å². The Morgan fingerprint density at radius 2 is 1.74 bits per heavy atom. The van der Waals surface area contributed by atoms with Crippen LogP contribution in [0.3, 0.4) is 0 Å². The van der Waals surface area contributed by atoms with E-state index in [4.69, 9.17) is 5.73 Å². The molecule has 1 rings (SSSR count). The largest absolute Gasteiger partial charge is 0.355 e. The average molecular weight is 286 g/mol. The van der Waals surface area contributed by atoms with Crippen LogP contribution in [-0.4, -0.2) is 30.9 Å². The van der Waals surface area contributed by atoms with Crippen LogP contribution in [0.4, 0.5) is 0 Å². The SMILES string of the molecule is CC(=O)NCCNC(=O)C(N)Cc1ccccc1.Cl. The lowest BCUT2D eigenvalue weighted by molar-refractivity contribution is -0.123. The number of amides is 2. The lowest BCUT2D eigenvalue weighted by atomic mass is 10.1. The Hall–Kier alpha value is -1.59. The number of hydrogen-bond acceptors (Lipinski definition) is 3. The molecule has 0 bridgehead atoms. The summed E-state index contributed by atoms with van der Waals surface area (Å²) >= 11 is 0. The molecule has 1 atom stereocenters. The second-order valence-corrected chi connectivity index (χ2v) is 4.07. The van der Waals surface area contributed by atoms with Crippen LogP contribution in [0.5, 0.6) is 0 Å². The van der Waals surface area contributed by atoms with Crippen molar-refractivity contribution in [3.63, 3.8) is 0 Å². The van der Waals surface area contributed by atoms with E-state index in [1.165, 1.54) is 6.92 Å². The zero-order valence-corrected chi connectivity index (χ0v) is 11.7. The zero-order chi connectivity index (χ0) is 13.4. The van der Waals surface area contributed by atoms with Crippen LogP contribution in [0.1, 0.15) is 12.5 Å². The van der Waals surface area contributed by atoms with E-state index < -0.39 is 6.04 Å². The highest BCUT2D eigenvalue weighted by Gasteiger charge is 2.12. The summed E-state index contributed by atoms with van der Waals surface area (Å²) in [7, 11) is 0. The molecule has 19 heavy (non-hydrogen) atoms. The quantitative estimate of drug-likeness (QED) is 0.654. The molecule has 0 heterocycles. The number of rotatable bonds is 6. The number of nitrogens with two attached hydrogens (primary N) is 1. The van der Waals surface area contributed by atoms with Gasteiger partial charge in [-0.2, -0.15) is 0 Å². The van der Waals surface area contributed by atoms with E-state index in [2.05, 4.69) is 10.6 Å². The molecule has 0 aromatic heterocycles. The third-order valence-corrected chi connectivity index (χ3v) is 2.43. The summed E-state index contributed by atoms with van der Waals surface area (Å²) in [5.74, 6) is -0.318. The smallest absolute Gasteiger partial charge is 0.237 e. The van der Waals surface area contributed by atoms with Crippen LogP contribution in [0.25, 0.3) is 0 Å². The standard InChI is InChI=1S/C13H19N3O2.ClH/c1-10(17)15-7-8-16-13(18)12(14)9-11-5-3-2-4-6-11;/h2-6,12H,7-9,14H2,1H3,(H,15,17)(H,16,18);1H. The Morgan fingerprint density at radius 3 is 2.32 bits per heavy atom. The molecule has 0 aliphatic heterocycles. The number of carbonyl (C=O) groups is 2. The van der Waals surface area contributed by atoms with Crippen LogP contribution in [0.15, 0.2) is 30.3 Å². The van der Waals surface area contributed by atoms with Crippen LogP contribution in [0.2, 0.25) is 0 Å². The van der Waals surface area contributed by atoms with E-state index in [9.17, 15) is 9.59 Å². The summed E-state index contributed by atoms with van der Waals surface area (Å²) < 4.78 is 0. The highest BCUT2D eigenvalue weighted by atomic mass is 35.5. The van der Waals surface area contributed by atoms with Gasteiger partial charge in [0.2, 0.25) is 11.8 Å². The van der Waals surface area contributed by atoms with Gasteiger partial charge in [0.25, 0.3) is 0 Å². The van der Waals surface area contributed by atoms with Crippen molar-refractivity contribution in [3.8, 4) is 0 Å². The first-order valence-corrected chi connectivity index (χ1v) is 5.91. The predicted octanol–water partition coefficient (Wildman–Crippen LogP) is 0.231. The van der Waals surface area contributed by atoms with Crippen LogP contribution < -0.4 is 16.4 Å². The van der Waals surface area contributed by atoms with Gasteiger partial charge in [0.15, 0.2) is 0 Å². The Labute approximate surface area is 119 Å². The van der Waals surface area contributed by atoms with Gasteiger partial charge < -0.3 is 16.4 Å². The minimum absolute atomic E-state index is 0. The molecule has 0 fully saturated rings. The number of hydrogen-bond donors (Lipinski definition) is 3. The molecule has 4 N–H and O–H groups in total. The molecule has 0 saturated heterocycles. The summed E-state index contributed by atoms with van der Waals surface area (Å²) in [4.78, 5) is 22.3. The summed E-state index contributed by atoms with van der Waals surface area (Å²) in [6.07, 6.45) is 0.507. The third-order valence-electron chi connectivity index (χ3n) is 2.43. The molecule has 0 aliphatic rings. The van der Waals surface area contributed by atoms with Crippen LogP contribution >= 0.6 is 12.4 Å². The fourth-order valence-electron chi connectivity index (χ4n) is 1.52. The van der Waals surface area contributed by atoms with E-state index in [0.29, 0.717) is 19.5 Å². The summed E-state index contributed by atoms with van der Waals surface area (Å²) in [5.41, 5.74) is 6.82. The second-order valence-electron chi connectivity index (χ2n) is 4.07. The first kappa shape index (κ1) is 17.4. The van der Waals surface area contributed by atoms with Gasteiger partial charge in [0.1, 0.15) is 0 Å². The third kappa shape index (κ3) is 7.43. The van der Waals surface area contributed by atoms with E-state index in [0.717, 1.165) is 5.56 Å². The zero-order valence-electron chi connectivity index (χ0n) is 10.9. The molecule has 106 valence electrons. The van der Waals surface area contributed by atoms with E-state index >= 15 is 0 Å². The molecule has 5 nitrogen and oxygen atoms in total.